The molecule has 3 heterocycles. The lowest BCUT2D eigenvalue weighted by Gasteiger charge is -2.22. The average Bonchev–Trinajstić information content (AvgIpc) is 3.10. The fraction of sp³-hybridized carbons (Fsp3) is 0.588. The second kappa shape index (κ2) is 6.07. The van der Waals surface area contributed by atoms with E-state index >= 15 is 0 Å². The summed E-state index contributed by atoms with van der Waals surface area (Å²) < 4.78 is 0. The maximum atomic E-state index is 4.75. The number of pyridine rings is 1. The van der Waals surface area contributed by atoms with Gasteiger partial charge in [0.05, 0.1) is 0 Å². The van der Waals surface area contributed by atoms with Crippen LogP contribution in [-0.4, -0.2) is 34.1 Å². The Morgan fingerprint density at radius 3 is 2.59 bits per heavy atom. The monoisotopic (exact) mass is 297 g/mol. The molecule has 2 fully saturated rings. The van der Waals surface area contributed by atoms with Crippen LogP contribution in [0.4, 0.5) is 11.8 Å². The van der Waals surface area contributed by atoms with Crippen LogP contribution in [0.15, 0.2) is 18.3 Å². The van der Waals surface area contributed by atoms with E-state index in [0.29, 0.717) is 6.04 Å². The van der Waals surface area contributed by atoms with Gasteiger partial charge in [-0.25, -0.2) is 9.97 Å². The lowest BCUT2D eigenvalue weighted by molar-refractivity contribution is 0.461. The minimum absolute atomic E-state index is 0.521. The van der Waals surface area contributed by atoms with Crippen molar-refractivity contribution in [3.8, 4) is 0 Å². The Balaban J connectivity index is 1.57. The van der Waals surface area contributed by atoms with Crippen LogP contribution in [-0.2, 0) is 0 Å². The summed E-state index contributed by atoms with van der Waals surface area (Å²) in [7, 11) is 0. The lowest BCUT2D eigenvalue weighted by Crippen LogP contribution is -2.23. The summed E-state index contributed by atoms with van der Waals surface area (Å²) in [4.78, 5) is 16.2. The summed E-state index contributed by atoms with van der Waals surface area (Å²) in [5.41, 5.74) is 0.803. The summed E-state index contributed by atoms with van der Waals surface area (Å²) in [5, 5.41) is 4.50. The van der Waals surface area contributed by atoms with E-state index < -0.39 is 0 Å². The van der Waals surface area contributed by atoms with Crippen molar-refractivity contribution in [2.45, 2.75) is 51.0 Å². The normalized spacial score (nSPS) is 19.7. The third-order valence-corrected chi connectivity index (χ3v) is 4.80. The number of rotatable bonds is 3. The van der Waals surface area contributed by atoms with E-state index in [1.807, 2.05) is 6.20 Å². The largest absolute Gasteiger partial charge is 0.357 e. The molecule has 5 nitrogen and oxygen atoms in total. The highest BCUT2D eigenvalue weighted by Gasteiger charge is 2.16. The fourth-order valence-corrected chi connectivity index (χ4v) is 3.52. The van der Waals surface area contributed by atoms with Crippen molar-refractivity contribution in [1.82, 2.24) is 15.0 Å². The number of fused-ring (bicyclic) bond motifs is 1. The highest BCUT2D eigenvalue weighted by molar-refractivity contribution is 5.76. The first kappa shape index (κ1) is 13.7. The number of nitrogens with zero attached hydrogens (tertiary/aromatic N) is 4. The Morgan fingerprint density at radius 1 is 0.955 bits per heavy atom. The lowest BCUT2D eigenvalue weighted by atomic mass is 9.96. The number of nitrogens with one attached hydrogen (secondary N) is 1. The molecule has 1 saturated heterocycles. The van der Waals surface area contributed by atoms with Gasteiger partial charge in [-0.1, -0.05) is 19.3 Å². The van der Waals surface area contributed by atoms with Crippen LogP contribution in [0.3, 0.4) is 0 Å². The Morgan fingerprint density at radius 2 is 1.77 bits per heavy atom. The molecular weight excluding hydrogens is 274 g/mol. The van der Waals surface area contributed by atoms with E-state index in [0.717, 1.165) is 35.9 Å². The average molecular weight is 297 g/mol. The zero-order valence-electron chi connectivity index (χ0n) is 13.0. The van der Waals surface area contributed by atoms with Crippen molar-refractivity contribution in [2.24, 2.45) is 0 Å². The van der Waals surface area contributed by atoms with Gasteiger partial charge in [-0.3, -0.25) is 0 Å². The summed E-state index contributed by atoms with van der Waals surface area (Å²) in [6.07, 6.45) is 10.8. The number of anilines is 2. The van der Waals surface area contributed by atoms with Gasteiger partial charge >= 0.3 is 0 Å². The van der Waals surface area contributed by atoms with Crippen LogP contribution in [0.5, 0.6) is 0 Å². The maximum Gasteiger partial charge on any atom is 0.224 e. The molecule has 2 aliphatic rings. The zero-order chi connectivity index (χ0) is 14.8. The van der Waals surface area contributed by atoms with Gasteiger partial charge in [-0.15, -0.1) is 0 Å². The highest BCUT2D eigenvalue weighted by atomic mass is 15.2. The van der Waals surface area contributed by atoms with Crippen LogP contribution in [0.25, 0.3) is 11.0 Å². The molecule has 1 N–H and O–H groups in total. The molecule has 1 saturated carbocycles. The Hall–Kier alpha value is -1.91. The third-order valence-electron chi connectivity index (χ3n) is 4.80. The van der Waals surface area contributed by atoms with Crippen molar-refractivity contribution in [3.05, 3.63) is 18.3 Å². The molecule has 116 valence electrons. The quantitative estimate of drug-likeness (QED) is 0.941. The molecule has 5 heteroatoms. The van der Waals surface area contributed by atoms with E-state index in [9.17, 15) is 0 Å². The summed E-state index contributed by atoms with van der Waals surface area (Å²) >= 11 is 0. The number of hydrogen-bond acceptors (Lipinski definition) is 5. The number of aromatic nitrogens is 3. The predicted octanol–water partition coefficient (Wildman–Crippen LogP) is 3.37. The van der Waals surface area contributed by atoms with Gasteiger partial charge in [0.2, 0.25) is 5.95 Å². The number of hydrogen-bond donors (Lipinski definition) is 1. The SMILES string of the molecule is c1cc2cnc(NC3CCCCC3)nc2nc1N1CCCC1. The molecule has 2 aromatic rings. The van der Waals surface area contributed by atoms with Crippen LogP contribution >= 0.6 is 0 Å². The second-order valence-electron chi connectivity index (χ2n) is 6.45. The van der Waals surface area contributed by atoms with Crippen LogP contribution in [0.1, 0.15) is 44.9 Å². The van der Waals surface area contributed by atoms with E-state index in [1.165, 1.54) is 44.9 Å². The molecule has 0 spiro atoms. The summed E-state index contributed by atoms with van der Waals surface area (Å²) in [6.45, 7) is 2.22. The molecule has 0 atom stereocenters. The summed E-state index contributed by atoms with van der Waals surface area (Å²) in [6, 6.07) is 4.69. The highest BCUT2D eigenvalue weighted by Crippen LogP contribution is 2.23. The van der Waals surface area contributed by atoms with Gasteiger partial charge < -0.3 is 10.2 Å². The van der Waals surface area contributed by atoms with E-state index in [2.05, 4.69) is 32.3 Å². The minimum Gasteiger partial charge on any atom is -0.357 e. The van der Waals surface area contributed by atoms with Crippen molar-refractivity contribution in [1.29, 1.82) is 0 Å². The van der Waals surface area contributed by atoms with Gasteiger partial charge in [0, 0.05) is 30.7 Å². The van der Waals surface area contributed by atoms with E-state index in [-0.39, 0.29) is 0 Å². The molecule has 0 bridgehead atoms. The molecule has 1 aliphatic heterocycles. The Bertz CT molecular complexity index is 645. The minimum atomic E-state index is 0.521. The first-order valence-corrected chi connectivity index (χ1v) is 8.54. The molecule has 0 radical (unpaired) electrons. The van der Waals surface area contributed by atoms with Crippen molar-refractivity contribution >= 4 is 22.8 Å². The second-order valence-corrected chi connectivity index (χ2v) is 6.45. The van der Waals surface area contributed by atoms with Gasteiger partial charge in [-0.2, -0.15) is 4.98 Å². The van der Waals surface area contributed by atoms with Crippen molar-refractivity contribution in [3.63, 3.8) is 0 Å². The van der Waals surface area contributed by atoms with Crippen LogP contribution in [0.2, 0.25) is 0 Å². The van der Waals surface area contributed by atoms with Crippen molar-refractivity contribution in [2.75, 3.05) is 23.3 Å². The van der Waals surface area contributed by atoms with Gasteiger partial charge in [-0.05, 0) is 37.8 Å². The van der Waals surface area contributed by atoms with Gasteiger partial charge in [0.1, 0.15) is 5.82 Å². The molecular formula is C17H23N5. The molecule has 22 heavy (non-hydrogen) atoms. The fourth-order valence-electron chi connectivity index (χ4n) is 3.52. The third kappa shape index (κ3) is 2.85. The summed E-state index contributed by atoms with van der Waals surface area (Å²) in [5.74, 6) is 1.78. The van der Waals surface area contributed by atoms with Gasteiger partial charge in [0.25, 0.3) is 0 Å². The molecule has 1 aliphatic carbocycles. The smallest absolute Gasteiger partial charge is 0.224 e. The molecule has 4 rings (SSSR count). The Labute approximate surface area is 131 Å². The standard InChI is InChI=1S/C17H23N5/c1-2-6-14(7-3-1)19-17-18-12-13-8-9-15(20-16(13)21-17)22-10-4-5-11-22/h8-9,12,14H,1-7,10-11H2,(H,18,19,20,21). The first-order valence-electron chi connectivity index (χ1n) is 8.54. The zero-order valence-corrected chi connectivity index (χ0v) is 13.0. The topological polar surface area (TPSA) is 53.9 Å². The molecule has 0 aromatic carbocycles. The van der Waals surface area contributed by atoms with Crippen molar-refractivity contribution < 1.29 is 0 Å². The van der Waals surface area contributed by atoms with Crippen LogP contribution < -0.4 is 10.2 Å². The van der Waals surface area contributed by atoms with Gasteiger partial charge in [0.15, 0.2) is 5.65 Å². The van der Waals surface area contributed by atoms with E-state index in [4.69, 9.17) is 4.98 Å². The van der Waals surface area contributed by atoms with Crippen LogP contribution in [0, 0.1) is 0 Å². The molecule has 2 aromatic heterocycles. The molecule has 0 unspecified atom stereocenters. The Kier molecular flexibility index (Phi) is 3.79. The van der Waals surface area contributed by atoms with E-state index in [1.54, 1.807) is 0 Å². The first-order chi connectivity index (χ1) is 10.9. The maximum absolute atomic E-state index is 4.75. The predicted molar refractivity (Wildman–Crippen MR) is 89.3 cm³/mol. The molecule has 0 amide bonds.